The number of oxazole rings is 1. The lowest BCUT2D eigenvalue weighted by Gasteiger charge is -2.03. The fourth-order valence-corrected chi connectivity index (χ4v) is 2.23. The first-order chi connectivity index (χ1) is 12.5. The van der Waals surface area contributed by atoms with Gasteiger partial charge < -0.3 is 9.15 Å². The van der Waals surface area contributed by atoms with Crippen molar-refractivity contribution in [1.29, 1.82) is 5.26 Å². The smallest absolute Gasteiger partial charge is 0.311 e. The molecule has 0 aliphatic heterocycles. The number of esters is 1. The van der Waals surface area contributed by atoms with E-state index in [9.17, 15) is 13.6 Å². The highest BCUT2D eigenvalue weighted by atomic mass is 19.1. The van der Waals surface area contributed by atoms with Crippen molar-refractivity contribution >= 4 is 5.97 Å². The van der Waals surface area contributed by atoms with Crippen molar-refractivity contribution in [3.8, 4) is 23.1 Å². The van der Waals surface area contributed by atoms with E-state index in [0.29, 0.717) is 11.3 Å². The molecule has 0 aliphatic rings. The summed E-state index contributed by atoms with van der Waals surface area (Å²) in [5.74, 6) is -1.22. The average Bonchev–Trinajstić information content (AvgIpc) is 3.09. The normalized spacial score (nSPS) is 10.3. The highest BCUT2D eigenvalue weighted by Gasteiger charge is 2.13. The van der Waals surface area contributed by atoms with E-state index in [2.05, 4.69) is 4.98 Å². The third-order valence-corrected chi connectivity index (χ3v) is 3.51. The van der Waals surface area contributed by atoms with Gasteiger partial charge in [-0.3, -0.25) is 4.79 Å². The van der Waals surface area contributed by atoms with Gasteiger partial charge in [0.1, 0.15) is 17.4 Å². The Balaban J connectivity index is 1.59. The summed E-state index contributed by atoms with van der Waals surface area (Å²) in [4.78, 5) is 15.8. The molecular weight excluding hydrogens is 342 g/mol. The van der Waals surface area contributed by atoms with Gasteiger partial charge in [0, 0.05) is 12.5 Å². The van der Waals surface area contributed by atoms with E-state index in [-0.39, 0.29) is 30.1 Å². The van der Waals surface area contributed by atoms with Gasteiger partial charge in [-0.05, 0) is 36.4 Å². The van der Waals surface area contributed by atoms with E-state index in [1.54, 1.807) is 12.1 Å². The molecule has 26 heavy (non-hydrogen) atoms. The van der Waals surface area contributed by atoms with Crippen LogP contribution in [0.5, 0.6) is 5.75 Å². The van der Waals surface area contributed by atoms with Gasteiger partial charge in [0.05, 0.1) is 29.8 Å². The topological polar surface area (TPSA) is 76.1 Å². The van der Waals surface area contributed by atoms with Gasteiger partial charge in [-0.1, -0.05) is 0 Å². The molecule has 0 radical (unpaired) electrons. The molecule has 0 bridgehead atoms. The predicted molar refractivity (Wildman–Crippen MR) is 87.0 cm³/mol. The monoisotopic (exact) mass is 354 g/mol. The van der Waals surface area contributed by atoms with Crippen LogP contribution in [0.1, 0.15) is 17.9 Å². The summed E-state index contributed by atoms with van der Waals surface area (Å²) < 4.78 is 37.2. The summed E-state index contributed by atoms with van der Waals surface area (Å²) in [7, 11) is 0. The summed E-state index contributed by atoms with van der Waals surface area (Å²) in [6, 6.07) is 11.2. The van der Waals surface area contributed by atoms with Crippen LogP contribution in [0, 0.1) is 23.0 Å². The lowest BCUT2D eigenvalue weighted by Crippen LogP contribution is -2.09. The number of halogens is 2. The molecule has 3 aromatic rings. The SMILES string of the molecule is N#Cc1ccc(OC(=O)CCc2ncc(-c3ccc(F)cc3F)o2)cc1. The standard InChI is InChI=1S/C19H12F2N2O3/c20-13-3-6-15(16(21)9-13)17-11-23-18(26-17)7-8-19(24)25-14-4-1-12(10-22)2-5-14/h1-6,9,11H,7-8H2. The van der Waals surface area contributed by atoms with Crippen molar-refractivity contribution in [3.05, 3.63) is 71.8 Å². The zero-order chi connectivity index (χ0) is 18.5. The molecule has 0 N–H and O–H groups in total. The van der Waals surface area contributed by atoms with Crippen LogP contribution >= 0.6 is 0 Å². The molecule has 0 saturated heterocycles. The van der Waals surface area contributed by atoms with Crippen LogP contribution in [0.2, 0.25) is 0 Å². The van der Waals surface area contributed by atoms with E-state index in [4.69, 9.17) is 14.4 Å². The molecular formula is C19H12F2N2O3. The third kappa shape index (κ3) is 4.11. The molecule has 130 valence electrons. The summed E-state index contributed by atoms with van der Waals surface area (Å²) in [5.41, 5.74) is 0.551. The maximum atomic E-state index is 13.7. The number of aromatic nitrogens is 1. The van der Waals surface area contributed by atoms with Gasteiger partial charge in [-0.15, -0.1) is 0 Å². The quantitative estimate of drug-likeness (QED) is 0.511. The highest BCUT2D eigenvalue weighted by Crippen LogP contribution is 2.24. The van der Waals surface area contributed by atoms with Crippen molar-refractivity contribution in [2.45, 2.75) is 12.8 Å². The molecule has 0 aliphatic carbocycles. The molecule has 1 aromatic heterocycles. The average molecular weight is 354 g/mol. The van der Waals surface area contributed by atoms with Gasteiger partial charge in [0.15, 0.2) is 11.7 Å². The molecule has 0 unspecified atom stereocenters. The Morgan fingerprint density at radius 2 is 1.96 bits per heavy atom. The van der Waals surface area contributed by atoms with E-state index < -0.39 is 17.6 Å². The molecule has 7 heteroatoms. The zero-order valence-electron chi connectivity index (χ0n) is 13.4. The van der Waals surface area contributed by atoms with E-state index in [0.717, 1.165) is 12.1 Å². The van der Waals surface area contributed by atoms with Crippen LogP contribution in [0.25, 0.3) is 11.3 Å². The highest BCUT2D eigenvalue weighted by molar-refractivity contribution is 5.72. The number of aryl methyl sites for hydroxylation is 1. The van der Waals surface area contributed by atoms with Crippen molar-refractivity contribution in [2.75, 3.05) is 0 Å². The minimum Gasteiger partial charge on any atom is -0.441 e. The second-order valence-corrected chi connectivity index (χ2v) is 5.35. The number of hydrogen-bond donors (Lipinski definition) is 0. The van der Waals surface area contributed by atoms with Crippen molar-refractivity contribution in [3.63, 3.8) is 0 Å². The number of nitriles is 1. The van der Waals surface area contributed by atoms with E-state index in [1.807, 2.05) is 6.07 Å². The molecule has 0 amide bonds. The van der Waals surface area contributed by atoms with Crippen molar-refractivity contribution in [2.24, 2.45) is 0 Å². The van der Waals surface area contributed by atoms with Crippen LogP contribution in [-0.4, -0.2) is 11.0 Å². The van der Waals surface area contributed by atoms with Gasteiger partial charge in [0.2, 0.25) is 0 Å². The third-order valence-electron chi connectivity index (χ3n) is 3.51. The molecule has 0 fully saturated rings. The number of nitrogens with zero attached hydrogens (tertiary/aromatic N) is 2. The molecule has 0 spiro atoms. The first-order valence-electron chi connectivity index (χ1n) is 7.66. The van der Waals surface area contributed by atoms with E-state index in [1.165, 1.54) is 24.4 Å². The Hall–Kier alpha value is -3.53. The minimum atomic E-state index is -0.757. The van der Waals surface area contributed by atoms with Gasteiger partial charge in [-0.25, -0.2) is 13.8 Å². The maximum Gasteiger partial charge on any atom is 0.311 e. The first-order valence-corrected chi connectivity index (χ1v) is 7.66. The van der Waals surface area contributed by atoms with E-state index >= 15 is 0 Å². The summed E-state index contributed by atoms with van der Waals surface area (Å²) in [5, 5.41) is 8.72. The summed E-state index contributed by atoms with van der Waals surface area (Å²) >= 11 is 0. The Morgan fingerprint density at radius 3 is 2.65 bits per heavy atom. The fourth-order valence-electron chi connectivity index (χ4n) is 2.23. The second kappa shape index (κ2) is 7.57. The number of rotatable bonds is 5. The fraction of sp³-hybridized carbons (Fsp3) is 0.105. The summed E-state index contributed by atoms with van der Waals surface area (Å²) in [6.07, 6.45) is 1.49. The molecule has 0 atom stereocenters. The molecule has 1 heterocycles. The zero-order valence-corrected chi connectivity index (χ0v) is 13.4. The Labute approximate surface area is 147 Å². The maximum absolute atomic E-state index is 13.7. The largest absolute Gasteiger partial charge is 0.441 e. The minimum absolute atomic E-state index is 0.00581. The van der Waals surface area contributed by atoms with Crippen LogP contribution in [0.3, 0.4) is 0 Å². The molecule has 2 aromatic carbocycles. The number of carbonyl (C=O) groups is 1. The Morgan fingerprint density at radius 1 is 1.19 bits per heavy atom. The van der Waals surface area contributed by atoms with Gasteiger partial charge in [-0.2, -0.15) is 5.26 Å². The number of hydrogen-bond acceptors (Lipinski definition) is 5. The van der Waals surface area contributed by atoms with Crippen molar-refractivity contribution < 1.29 is 22.7 Å². The molecule has 5 nitrogen and oxygen atoms in total. The van der Waals surface area contributed by atoms with Crippen LogP contribution in [0.15, 0.2) is 53.1 Å². The molecule has 3 rings (SSSR count). The van der Waals surface area contributed by atoms with Crippen LogP contribution in [-0.2, 0) is 11.2 Å². The first kappa shape index (κ1) is 17.3. The van der Waals surface area contributed by atoms with Crippen LogP contribution in [0.4, 0.5) is 8.78 Å². The van der Waals surface area contributed by atoms with Gasteiger partial charge in [0.25, 0.3) is 0 Å². The predicted octanol–water partition coefficient (Wildman–Crippen LogP) is 4.03. The van der Waals surface area contributed by atoms with Crippen molar-refractivity contribution in [1.82, 2.24) is 4.98 Å². The second-order valence-electron chi connectivity index (χ2n) is 5.35. The summed E-state index contributed by atoms with van der Waals surface area (Å²) in [6.45, 7) is 0. The Bertz CT molecular complexity index is 975. The molecule has 0 saturated carbocycles. The number of carbonyl (C=O) groups excluding carboxylic acids is 1. The Kier molecular flexibility index (Phi) is 5.04. The number of ether oxygens (including phenoxy) is 1. The lowest BCUT2D eigenvalue weighted by molar-refractivity contribution is -0.134. The van der Waals surface area contributed by atoms with Gasteiger partial charge >= 0.3 is 5.97 Å². The lowest BCUT2D eigenvalue weighted by atomic mass is 10.2. The van der Waals surface area contributed by atoms with Crippen LogP contribution < -0.4 is 4.74 Å². The number of benzene rings is 2.